The summed E-state index contributed by atoms with van der Waals surface area (Å²) >= 11 is 1.54. The maximum absolute atomic E-state index is 13.5. The fourth-order valence-electron chi connectivity index (χ4n) is 3.41. The van der Waals surface area contributed by atoms with E-state index >= 15 is 0 Å². The number of nitrogens with zero attached hydrogens (tertiary/aromatic N) is 4. The minimum atomic E-state index is -0.0839. The van der Waals surface area contributed by atoms with Gasteiger partial charge in [0.1, 0.15) is 0 Å². The van der Waals surface area contributed by atoms with Gasteiger partial charge in [-0.1, -0.05) is 23.5 Å². The number of rotatable bonds is 5. The van der Waals surface area contributed by atoms with Crippen molar-refractivity contribution in [2.45, 2.75) is 20.4 Å². The molecule has 2 aromatic heterocycles. The zero-order valence-electron chi connectivity index (χ0n) is 17.6. The molecular formula is C24H24N4OS. The largest absolute Gasteiger partial charge is 0.378 e. The number of amides is 1. The lowest BCUT2D eigenvalue weighted by molar-refractivity contribution is 0.0985. The Labute approximate surface area is 180 Å². The van der Waals surface area contributed by atoms with Crippen LogP contribution in [0.4, 0.5) is 10.8 Å². The molecule has 0 saturated carbocycles. The van der Waals surface area contributed by atoms with Gasteiger partial charge < -0.3 is 4.90 Å². The van der Waals surface area contributed by atoms with Crippen LogP contribution >= 0.6 is 11.3 Å². The van der Waals surface area contributed by atoms with E-state index in [1.807, 2.05) is 61.5 Å². The number of hydrogen-bond acceptors (Lipinski definition) is 5. The normalized spacial score (nSPS) is 10.9. The number of benzene rings is 2. The molecule has 0 fully saturated rings. The highest BCUT2D eigenvalue weighted by Crippen LogP contribution is 2.33. The first-order valence-electron chi connectivity index (χ1n) is 9.79. The molecule has 0 atom stereocenters. The Hall–Kier alpha value is -3.25. The van der Waals surface area contributed by atoms with E-state index in [0.717, 1.165) is 27.2 Å². The molecule has 4 aromatic rings. The molecule has 0 radical (unpaired) electrons. The molecule has 152 valence electrons. The number of thiazole rings is 1. The summed E-state index contributed by atoms with van der Waals surface area (Å²) in [6.07, 6.45) is 1.75. The highest BCUT2D eigenvalue weighted by atomic mass is 32.1. The van der Waals surface area contributed by atoms with Crippen molar-refractivity contribution in [3.8, 4) is 0 Å². The SMILES string of the molecule is Cc1cc(C)c2nc(N(Cc3ccccn3)C(=O)c3ccc(N(C)C)cc3)sc2c1. The van der Waals surface area contributed by atoms with Crippen LogP contribution in [0.3, 0.4) is 0 Å². The lowest BCUT2D eigenvalue weighted by atomic mass is 10.1. The zero-order chi connectivity index (χ0) is 21.3. The number of carbonyl (C=O) groups excluding carboxylic acids is 1. The van der Waals surface area contributed by atoms with Crippen LogP contribution in [0.25, 0.3) is 10.2 Å². The van der Waals surface area contributed by atoms with Crippen molar-refractivity contribution in [3.05, 3.63) is 83.2 Å². The van der Waals surface area contributed by atoms with E-state index in [1.54, 1.807) is 22.4 Å². The number of fused-ring (bicyclic) bond motifs is 1. The lowest BCUT2D eigenvalue weighted by Gasteiger charge is -2.20. The van der Waals surface area contributed by atoms with Crippen molar-refractivity contribution < 1.29 is 4.79 Å². The number of anilines is 2. The standard InChI is InChI=1S/C24H24N4OS/c1-16-13-17(2)22-21(14-16)30-24(26-22)28(15-19-7-5-6-12-25-19)23(29)18-8-10-20(11-9-18)27(3)4/h5-14H,15H2,1-4H3. The van der Waals surface area contributed by atoms with E-state index in [0.29, 0.717) is 17.2 Å². The Morgan fingerprint density at radius 3 is 2.47 bits per heavy atom. The Balaban J connectivity index is 1.76. The van der Waals surface area contributed by atoms with Gasteiger partial charge in [-0.25, -0.2) is 4.98 Å². The fraction of sp³-hybridized carbons (Fsp3) is 0.208. The number of pyridine rings is 1. The minimum absolute atomic E-state index is 0.0839. The Morgan fingerprint density at radius 2 is 1.80 bits per heavy atom. The van der Waals surface area contributed by atoms with E-state index in [-0.39, 0.29) is 5.91 Å². The monoisotopic (exact) mass is 416 g/mol. The average molecular weight is 417 g/mol. The second-order valence-corrected chi connectivity index (χ2v) is 8.59. The van der Waals surface area contributed by atoms with Gasteiger partial charge in [-0.05, 0) is 67.4 Å². The molecule has 5 nitrogen and oxygen atoms in total. The molecule has 0 aliphatic carbocycles. The molecule has 30 heavy (non-hydrogen) atoms. The molecule has 0 N–H and O–H groups in total. The first-order valence-corrected chi connectivity index (χ1v) is 10.6. The van der Waals surface area contributed by atoms with Crippen LogP contribution in [-0.4, -0.2) is 30.0 Å². The third-order valence-corrected chi connectivity index (χ3v) is 6.00. The smallest absolute Gasteiger partial charge is 0.260 e. The molecule has 2 heterocycles. The van der Waals surface area contributed by atoms with E-state index in [2.05, 4.69) is 31.0 Å². The molecule has 6 heteroatoms. The van der Waals surface area contributed by atoms with Gasteiger partial charge in [0.05, 0.1) is 22.5 Å². The highest BCUT2D eigenvalue weighted by molar-refractivity contribution is 7.22. The zero-order valence-corrected chi connectivity index (χ0v) is 18.4. The minimum Gasteiger partial charge on any atom is -0.378 e. The quantitative estimate of drug-likeness (QED) is 0.447. The van der Waals surface area contributed by atoms with Crippen LogP contribution in [0.2, 0.25) is 0 Å². The van der Waals surface area contributed by atoms with Gasteiger partial charge >= 0.3 is 0 Å². The molecular weight excluding hydrogens is 392 g/mol. The van der Waals surface area contributed by atoms with Gasteiger partial charge in [0, 0.05) is 31.5 Å². The summed E-state index contributed by atoms with van der Waals surface area (Å²) in [4.78, 5) is 26.5. The van der Waals surface area contributed by atoms with Crippen molar-refractivity contribution in [1.82, 2.24) is 9.97 Å². The van der Waals surface area contributed by atoms with Crippen LogP contribution in [0, 0.1) is 13.8 Å². The van der Waals surface area contributed by atoms with E-state index in [4.69, 9.17) is 4.98 Å². The molecule has 4 rings (SSSR count). The Morgan fingerprint density at radius 1 is 1.03 bits per heavy atom. The van der Waals surface area contributed by atoms with Gasteiger partial charge in [-0.2, -0.15) is 0 Å². The maximum atomic E-state index is 13.5. The van der Waals surface area contributed by atoms with Gasteiger partial charge in [-0.15, -0.1) is 0 Å². The predicted molar refractivity (Wildman–Crippen MR) is 125 cm³/mol. The van der Waals surface area contributed by atoms with Crippen molar-refractivity contribution in [1.29, 1.82) is 0 Å². The molecule has 0 saturated heterocycles. The maximum Gasteiger partial charge on any atom is 0.260 e. The van der Waals surface area contributed by atoms with E-state index in [1.165, 1.54) is 5.56 Å². The second-order valence-electron chi connectivity index (χ2n) is 7.58. The number of hydrogen-bond donors (Lipinski definition) is 0. The fourth-order valence-corrected chi connectivity index (χ4v) is 4.55. The molecule has 1 amide bonds. The molecule has 2 aromatic carbocycles. The van der Waals surface area contributed by atoms with Gasteiger partial charge in [-0.3, -0.25) is 14.7 Å². The summed E-state index contributed by atoms with van der Waals surface area (Å²) in [5.74, 6) is -0.0839. The summed E-state index contributed by atoms with van der Waals surface area (Å²) < 4.78 is 1.09. The third-order valence-electron chi connectivity index (χ3n) is 4.97. The topological polar surface area (TPSA) is 49.3 Å². The Bertz CT molecular complexity index is 1180. The number of aryl methyl sites for hydroxylation is 2. The highest BCUT2D eigenvalue weighted by Gasteiger charge is 2.23. The second kappa shape index (κ2) is 8.24. The molecule has 0 aliphatic rings. The molecule has 0 spiro atoms. The first kappa shape index (κ1) is 20.0. The van der Waals surface area contributed by atoms with E-state index in [9.17, 15) is 4.79 Å². The summed E-state index contributed by atoms with van der Waals surface area (Å²) in [6, 6.07) is 17.6. The van der Waals surface area contributed by atoms with Crippen LogP contribution in [0.5, 0.6) is 0 Å². The van der Waals surface area contributed by atoms with Gasteiger partial charge in [0.15, 0.2) is 5.13 Å². The lowest BCUT2D eigenvalue weighted by Crippen LogP contribution is -2.30. The van der Waals surface area contributed by atoms with Crippen LogP contribution < -0.4 is 9.80 Å². The Kier molecular flexibility index (Phi) is 5.50. The van der Waals surface area contributed by atoms with E-state index < -0.39 is 0 Å². The predicted octanol–water partition coefficient (Wildman–Crippen LogP) is 5.22. The van der Waals surface area contributed by atoms with Crippen LogP contribution in [0.15, 0.2) is 60.8 Å². The number of aromatic nitrogens is 2. The van der Waals surface area contributed by atoms with Crippen LogP contribution in [-0.2, 0) is 6.54 Å². The van der Waals surface area contributed by atoms with Gasteiger partial charge in [0.25, 0.3) is 5.91 Å². The van der Waals surface area contributed by atoms with Crippen molar-refractivity contribution in [3.63, 3.8) is 0 Å². The van der Waals surface area contributed by atoms with Crippen molar-refractivity contribution >= 4 is 38.3 Å². The summed E-state index contributed by atoms with van der Waals surface area (Å²) in [5, 5.41) is 0.686. The molecule has 0 bridgehead atoms. The number of carbonyl (C=O) groups is 1. The van der Waals surface area contributed by atoms with Gasteiger partial charge in [0.2, 0.25) is 0 Å². The van der Waals surface area contributed by atoms with Crippen molar-refractivity contribution in [2.24, 2.45) is 0 Å². The van der Waals surface area contributed by atoms with Crippen molar-refractivity contribution in [2.75, 3.05) is 23.9 Å². The molecule has 0 aliphatic heterocycles. The summed E-state index contributed by atoms with van der Waals surface area (Å²) in [5.41, 5.74) is 5.76. The third kappa shape index (κ3) is 4.04. The summed E-state index contributed by atoms with van der Waals surface area (Å²) in [7, 11) is 3.96. The average Bonchev–Trinajstić information content (AvgIpc) is 3.16. The van der Waals surface area contributed by atoms with Crippen LogP contribution in [0.1, 0.15) is 27.2 Å². The first-order chi connectivity index (χ1) is 14.4. The molecule has 0 unspecified atom stereocenters. The summed E-state index contributed by atoms with van der Waals surface area (Å²) in [6.45, 7) is 4.51.